The molecule has 27 heavy (non-hydrogen) atoms. The molecule has 0 bridgehead atoms. The standard InChI is InChI=1S/C22H25NO4/c24-16-19-11-5-4-8-17(19)13-15-27-22(26)20-12-6-7-14-23(20)21(25)18-9-2-1-3-10-18/h1-5,8-11,20,24H,6-7,12-16H2. The van der Waals surface area contributed by atoms with Gasteiger partial charge in [-0.3, -0.25) is 4.79 Å². The van der Waals surface area contributed by atoms with Gasteiger partial charge in [0.05, 0.1) is 13.2 Å². The number of likely N-dealkylation sites (tertiary alicyclic amines) is 1. The van der Waals surface area contributed by atoms with Gasteiger partial charge in [-0.05, 0) is 42.5 Å². The number of hydrogen-bond acceptors (Lipinski definition) is 4. The third-order valence-corrected chi connectivity index (χ3v) is 4.96. The Kier molecular flexibility index (Phi) is 6.60. The molecule has 1 amide bonds. The van der Waals surface area contributed by atoms with Crippen LogP contribution >= 0.6 is 0 Å². The second-order valence-corrected chi connectivity index (χ2v) is 6.72. The lowest BCUT2D eigenvalue weighted by Crippen LogP contribution is -2.48. The molecule has 0 aliphatic carbocycles. The van der Waals surface area contributed by atoms with Crippen molar-refractivity contribution in [1.29, 1.82) is 0 Å². The zero-order valence-electron chi connectivity index (χ0n) is 15.3. The van der Waals surface area contributed by atoms with Gasteiger partial charge in [-0.15, -0.1) is 0 Å². The summed E-state index contributed by atoms with van der Waals surface area (Å²) >= 11 is 0. The summed E-state index contributed by atoms with van der Waals surface area (Å²) in [5, 5.41) is 9.38. The lowest BCUT2D eigenvalue weighted by molar-refractivity contribution is -0.150. The van der Waals surface area contributed by atoms with Crippen LogP contribution in [0.25, 0.3) is 0 Å². The minimum absolute atomic E-state index is 0.0356. The van der Waals surface area contributed by atoms with Crippen LogP contribution in [0.1, 0.15) is 40.7 Å². The van der Waals surface area contributed by atoms with E-state index in [1.54, 1.807) is 17.0 Å². The van der Waals surface area contributed by atoms with Crippen LogP contribution in [0.3, 0.4) is 0 Å². The fourth-order valence-corrected chi connectivity index (χ4v) is 3.48. The van der Waals surface area contributed by atoms with Gasteiger partial charge in [0, 0.05) is 18.5 Å². The maximum absolute atomic E-state index is 12.8. The molecule has 1 fully saturated rings. The van der Waals surface area contributed by atoms with Crippen molar-refractivity contribution in [3.8, 4) is 0 Å². The fraction of sp³-hybridized carbons (Fsp3) is 0.364. The van der Waals surface area contributed by atoms with Crippen LogP contribution in [-0.4, -0.2) is 41.1 Å². The molecule has 5 heteroatoms. The normalized spacial score (nSPS) is 16.8. The summed E-state index contributed by atoms with van der Waals surface area (Å²) in [6, 6.07) is 16.1. The summed E-state index contributed by atoms with van der Waals surface area (Å²) in [6.45, 7) is 0.770. The van der Waals surface area contributed by atoms with E-state index in [2.05, 4.69) is 0 Å². The van der Waals surface area contributed by atoms with E-state index in [1.165, 1.54) is 0 Å². The number of ether oxygens (including phenoxy) is 1. The number of carbonyl (C=O) groups excluding carboxylic acids is 2. The molecule has 1 aliphatic rings. The maximum atomic E-state index is 12.8. The van der Waals surface area contributed by atoms with Gasteiger partial charge in [-0.25, -0.2) is 4.79 Å². The van der Waals surface area contributed by atoms with Crippen LogP contribution < -0.4 is 0 Å². The van der Waals surface area contributed by atoms with Crippen LogP contribution in [0, 0.1) is 0 Å². The van der Waals surface area contributed by atoms with Crippen molar-refractivity contribution < 1.29 is 19.4 Å². The highest BCUT2D eigenvalue weighted by atomic mass is 16.5. The van der Waals surface area contributed by atoms with Crippen molar-refractivity contribution in [2.75, 3.05) is 13.2 Å². The van der Waals surface area contributed by atoms with E-state index in [1.807, 2.05) is 42.5 Å². The molecular formula is C22H25NO4. The lowest BCUT2D eigenvalue weighted by Gasteiger charge is -2.34. The Bertz CT molecular complexity index is 775. The SMILES string of the molecule is O=C(OCCc1ccccc1CO)C1CCCCN1C(=O)c1ccccc1. The van der Waals surface area contributed by atoms with Gasteiger partial charge < -0.3 is 14.7 Å². The molecular weight excluding hydrogens is 342 g/mol. The van der Waals surface area contributed by atoms with Crippen LogP contribution in [0.4, 0.5) is 0 Å². The van der Waals surface area contributed by atoms with Crippen LogP contribution in [0.15, 0.2) is 54.6 Å². The number of piperidine rings is 1. The van der Waals surface area contributed by atoms with Crippen LogP contribution in [0.2, 0.25) is 0 Å². The molecule has 5 nitrogen and oxygen atoms in total. The van der Waals surface area contributed by atoms with E-state index < -0.39 is 6.04 Å². The molecule has 0 saturated carbocycles. The molecule has 0 radical (unpaired) electrons. The number of hydrogen-bond donors (Lipinski definition) is 1. The maximum Gasteiger partial charge on any atom is 0.328 e. The average Bonchev–Trinajstić information content (AvgIpc) is 2.74. The van der Waals surface area contributed by atoms with Gasteiger partial charge in [0.15, 0.2) is 0 Å². The first-order valence-electron chi connectivity index (χ1n) is 9.41. The molecule has 0 spiro atoms. The Hall–Kier alpha value is -2.66. The Morgan fingerprint density at radius 3 is 2.44 bits per heavy atom. The molecule has 2 aromatic carbocycles. The average molecular weight is 367 g/mol. The van der Waals surface area contributed by atoms with Gasteiger partial charge in [0.25, 0.3) is 5.91 Å². The number of benzene rings is 2. The third-order valence-electron chi connectivity index (χ3n) is 4.96. The summed E-state index contributed by atoms with van der Waals surface area (Å²) in [5.41, 5.74) is 2.40. The molecule has 3 rings (SSSR count). The Labute approximate surface area is 159 Å². The van der Waals surface area contributed by atoms with Crippen molar-refractivity contribution in [3.05, 3.63) is 71.3 Å². The number of aliphatic hydroxyl groups is 1. The van der Waals surface area contributed by atoms with Crippen molar-refractivity contribution >= 4 is 11.9 Å². The topological polar surface area (TPSA) is 66.8 Å². The van der Waals surface area contributed by atoms with Crippen LogP contribution in [0.5, 0.6) is 0 Å². The van der Waals surface area contributed by atoms with Crippen LogP contribution in [-0.2, 0) is 22.6 Å². The van der Waals surface area contributed by atoms with Gasteiger partial charge >= 0.3 is 5.97 Å². The van der Waals surface area contributed by atoms with E-state index in [0.29, 0.717) is 24.9 Å². The van der Waals surface area contributed by atoms with Crippen molar-refractivity contribution in [2.45, 2.75) is 38.3 Å². The largest absolute Gasteiger partial charge is 0.464 e. The minimum atomic E-state index is -0.528. The third kappa shape index (κ3) is 4.74. The number of amides is 1. The quantitative estimate of drug-likeness (QED) is 0.797. The van der Waals surface area contributed by atoms with E-state index >= 15 is 0 Å². The van der Waals surface area contributed by atoms with Gasteiger partial charge in [-0.1, -0.05) is 42.5 Å². The molecule has 1 saturated heterocycles. The zero-order chi connectivity index (χ0) is 19.1. The highest BCUT2D eigenvalue weighted by molar-refractivity contribution is 5.96. The molecule has 2 aromatic rings. The van der Waals surface area contributed by atoms with E-state index in [9.17, 15) is 14.7 Å². The Morgan fingerprint density at radius 1 is 1.00 bits per heavy atom. The smallest absolute Gasteiger partial charge is 0.328 e. The second kappa shape index (κ2) is 9.33. The van der Waals surface area contributed by atoms with Crippen molar-refractivity contribution in [1.82, 2.24) is 4.90 Å². The van der Waals surface area contributed by atoms with Gasteiger partial charge in [-0.2, -0.15) is 0 Å². The molecule has 142 valence electrons. The number of rotatable bonds is 6. The van der Waals surface area contributed by atoms with E-state index in [0.717, 1.165) is 24.0 Å². The molecule has 1 aliphatic heterocycles. The molecule has 1 N–H and O–H groups in total. The summed E-state index contributed by atoms with van der Waals surface area (Å²) in [4.78, 5) is 27.0. The number of nitrogens with zero attached hydrogens (tertiary/aromatic N) is 1. The fourth-order valence-electron chi connectivity index (χ4n) is 3.48. The van der Waals surface area contributed by atoms with Gasteiger partial charge in [0.2, 0.25) is 0 Å². The summed E-state index contributed by atoms with van der Waals surface area (Å²) in [6.07, 6.45) is 2.98. The first kappa shape index (κ1) is 19.1. The van der Waals surface area contributed by atoms with Crippen molar-refractivity contribution in [2.24, 2.45) is 0 Å². The first-order valence-corrected chi connectivity index (χ1v) is 9.41. The number of aliphatic hydroxyl groups excluding tert-OH is 1. The van der Waals surface area contributed by atoms with Crippen molar-refractivity contribution in [3.63, 3.8) is 0 Å². The summed E-state index contributed by atoms with van der Waals surface area (Å²) in [7, 11) is 0. The Balaban J connectivity index is 1.61. The van der Waals surface area contributed by atoms with Gasteiger partial charge in [0.1, 0.15) is 6.04 Å². The highest BCUT2D eigenvalue weighted by Gasteiger charge is 2.33. The number of esters is 1. The predicted molar refractivity (Wildman–Crippen MR) is 102 cm³/mol. The monoisotopic (exact) mass is 367 g/mol. The second-order valence-electron chi connectivity index (χ2n) is 6.72. The lowest BCUT2D eigenvalue weighted by atomic mass is 10.0. The van der Waals surface area contributed by atoms with E-state index in [-0.39, 0.29) is 25.1 Å². The minimum Gasteiger partial charge on any atom is -0.464 e. The summed E-state index contributed by atoms with van der Waals surface area (Å²) in [5.74, 6) is -0.469. The molecule has 1 heterocycles. The summed E-state index contributed by atoms with van der Waals surface area (Å²) < 4.78 is 5.49. The highest BCUT2D eigenvalue weighted by Crippen LogP contribution is 2.21. The Morgan fingerprint density at radius 2 is 1.70 bits per heavy atom. The molecule has 1 unspecified atom stereocenters. The predicted octanol–water partition coefficient (Wildman–Crippen LogP) is 2.96. The molecule has 1 atom stereocenters. The first-order chi connectivity index (χ1) is 13.2. The van der Waals surface area contributed by atoms with E-state index in [4.69, 9.17) is 4.74 Å². The molecule has 0 aromatic heterocycles. The number of carbonyl (C=O) groups is 2. The zero-order valence-corrected chi connectivity index (χ0v) is 15.3.